The van der Waals surface area contributed by atoms with Gasteiger partial charge in [-0.1, -0.05) is 6.07 Å². The lowest BCUT2D eigenvalue weighted by Gasteiger charge is -2.30. The highest BCUT2D eigenvalue weighted by Gasteiger charge is 2.19. The van der Waals surface area contributed by atoms with Crippen LogP contribution in [0.4, 0.5) is 0 Å². The normalized spacial score (nSPS) is 21.5. The first-order valence-electron chi connectivity index (χ1n) is 7.13. The number of benzene rings is 1. The Morgan fingerprint density at radius 1 is 1.43 bits per heavy atom. The maximum atomic E-state index is 12.2. The molecule has 2 aliphatic rings. The largest absolute Gasteiger partial charge is 0.374 e. The Morgan fingerprint density at radius 3 is 3.05 bits per heavy atom. The third-order valence-corrected chi connectivity index (χ3v) is 3.93. The van der Waals surface area contributed by atoms with E-state index in [1.54, 1.807) is 0 Å². The van der Waals surface area contributed by atoms with Crippen LogP contribution in [0, 0.1) is 0 Å². The van der Waals surface area contributed by atoms with E-state index in [9.17, 15) is 4.79 Å². The van der Waals surface area contributed by atoms with Gasteiger partial charge in [0.1, 0.15) is 0 Å². The van der Waals surface area contributed by atoms with E-state index in [0.717, 1.165) is 38.3 Å². The fraction of sp³-hybridized carbons (Fsp3) is 0.533. The summed E-state index contributed by atoms with van der Waals surface area (Å²) >= 11 is 0. The van der Waals surface area contributed by atoms with E-state index >= 15 is 0 Å². The third-order valence-electron chi connectivity index (χ3n) is 3.93. The highest BCUT2D eigenvalue weighted by molar-refractivity contribution is 5.94. The molecule has 2 N–H and O–H groups in total. The number of hydrogen-bond donors (Lipinski definition) is 2. The summed E-state index contributed by atoms with van der Waals surface area (Å²) in [5.41, 5.74) is 3.25. The standard InChI is InChI=1S/C15H21N3O2.ClH/c1-18-4-5-20-14(10-18)9-17-15(19)11-2-3-12-7-16-8-13(12)6-11;/h2-3,6,14,16H,4-5,7-10H2,1H3,(H,17,19);1H. The quantitative estimate of drug-likeness (QED) is 0.866. The molecular weight excluding hydrogens is 290 g/mol. The molecule has 116 valence electrons. The molecule has 2 heterocycles. The number of halogens is 1. The van der Waals surface area contributed by atoms with Crippen molar-refractivity contribution in [1.29, 1.82) is 0 Å². The summed E-state index contributed by atoms with van der Waals surface area (Å²) in [7, 11) is 2.07. The number of rotatable bonds is 3. The van der Waals surface area contributed by atoms with Crippen molar-refractivity contribution in [3.05, 3.63) is 34.9 Å². The van der Waals surface area contributed by atoms with Crippen LogP contribution >= 0.6 is 12.4 Å². The van der Waals surface area contributed by atoms with Gasteiger partial charge < -0.3 is 20.3 Å². The Bertz CT molecular complexity index is 510. The zero-order valence-corrected chi connectivity index (χ0v) is 13.0. The fourth-order valence-corrected chi connectivity index (χ4v) is 2.73. The van der Waals surface area contributed by atoms with Crippen LogP contribution in [0.3, 0.4) is 0 Å². The first-order chi connectivity index (χ1) is 9.72. The number of amides is 1. The zero-order valence-electron chi connectivity index (χ0n) is 12.2. The molecule has 1 amide bonds. The van der Waals surface area contributed by atoms with Crippen LogP contribution in [0.25, 0.3) is 0 Å². The SMILES string of the molecule is CN1CCOC(CNC(=O)c2ccc3c(c2)CNC3)C1.Cl. The van der Waals surface area contributed by atoms with Gasteiger partial charge in [-0.15, -0.1) is 12.4 Å². The van der Waals surface area contributed by atoms with E-state index in [2.05, 4.69) is 22.6 Å². The Labute approximate surface area is 131 Å². The molecular formula is C15H22ClN3O2. The first kappa shape index (κ1) is 16.2. The van der Waals surface area contributed by atoms with E-state index in [0.29, 0.717) is 6.54 Å². The van der Waals surface area contributed by atoms with Crippen molar-refractivity contribution in [3.8, 4) is 0 Å². The van der Waals surface area contributed by atoms with Crippen molar-refractivity contribution >= 4 is 18.3 Å². The topological polar surface area (TPSA) is 53.6 Å². The van der Waals surface area contributed by atoms with Gasteiger partial charge in [-0.25, -0.2) is 0 Å². The number of likely N-dealkylation sites (N-methyl/N-ethyl adjacent to an activating group) is 1. The average molecular weight is 312 g/mol. The molecule has 1 atom stereocenters. The lowest BCUT2D eigenvalue weighted by atomic mass is 10.1. The molecule has 0 radical (unpaired) electrons. The molecule has 0 aliphatic carbocycles. The molecule has 1 saturated heterocycles. The van der Waals surface area contributed by atoms with Crippen LogP contribution in [-0.4, -0.2) is 50.2 Å². The predicted molar refractivity (Wildman–Crippen MR) is 83.8 cm³/mol. The van der Waals surface area contributed by atoms with Crippen molar-refractivity contribution < 1.29 is 9.53 Å². The number of hydrogen-bond acceptors (Lipinski definition) is 4. The molecule has 0 spiro atoms. The lowest BCUT2D eigenvalue weighted by Crippen LogP contribution is -2.45. The minimum absolute atomic E-state index is 0. The molecule has 5 nitrogen and oxygen atoms in total. The Kier molecular flexibility index (Phi) is 5.58. The number of carbonyl (C=O) groups excluding carboxylic acids is 1. The Hall–Kier alpha value is -1.14. The van der Waals surface area contributed by atoms with E-state index in [-0.39, 0.29) is 24.4 Å². The lowest BCUT2D eigenvalue weighted by molar-refractivity contribution is -0.0175. The third kappa shape index (κ3) is 3.95. The Morgan fingerprint density at radius 2 is 2.24 bits per heavy atom. The minimum Gasteiger partial charge on any atom is -0.374 e. The molecule has 3 rings (SSSR count). The average Bonchev–Trinajstić information content (AvgIpc) is 2.92. The molecule has 1 aromatic carbocycles. The second-order valence-corrected chi connectivity index (χ2v) is 5.55. The van der Waals surface area contributed by atoms with Crippen LogP contribution in [-0.2, 0) is 17.8 Å². The van der Waals surface area contributed by atoms with Crippen LogP contribution in [0.1, 0.15) is 21.5 Å². The maximum absolute atomic E-state index is 12.2. The van der Waals surface area contributed by atoms with E-state index in [1.807, 2.05) is 18.2 Å². The van der Waals surface area contributed by atoms with E-state index in [4.69, 9.17) is 4.74 Å². The number of ether oxygens (including phenoxy) is 1. The fourth-order valence-electron chi connectivity index (χ4n) is 2.73. The first-order valence-corrected chi connectivity index (χ1v) is 7.13. The molecule has 1 aromatic rings. The number of fused-ring (bicyclic) bond motifs is 1. The molecule has 21 heavy (non-hydrogen) atoms. The number of nitrogens with one attached hydrogen (secondary N) is 2. The van der Waals surface area contributed by atoms with Crippen LogP contribution in [0.15, 0.2) is 18.2 Å². The maximum Gasteiger partial charge on any atom is 0.251 e. The second-order valence-electron chi connectivity index (χ2n) is 5.55. The van der Waals surface area contributed by atoms with Gasteiger partial charge in [0, 0.05) is 38.3 Å². The summed E-state index contributed by atoms with van der Waals surface area (Å²) < 4.78 is 5.64. The smallest absolute Gasteiger partial charge is 0.251 e. The van der Waals surface area contributed by atoms with Gasteiger partial charge in [0.25, 0.3) is 5.91 Å². The van der Waals surface area contributed by atoms with Crippen molar-refractivity contribution in [3.63, 3.8) is 0 Å². The number of morpholine rings is 1. The number of nitrogens with zero attached hydrogens (tertiary/aromatic N) is 1. The molecule has 1 unspecified atom stereocenters. The summed E-state index contributed by atoms with van der Waals surface area (Å²) in [6.07, 6.45) is 0.0915. The van der Waals surface area contributed by atoms with Crippen LogP contribution in [0.5, 0.6) is 0 Å². The van der Waals surface area contributed by atoms with Crippen molar-refractivity contribution in [2.45, 2.75) is 19.2 Å². The van der Waals surface area contributed by atoms with E-state index < -0.39 is 0 Å². The zero-order chi connectivity index (χ0) is 13.9. The van der Waals surface area contributed by atoms with Crippen LogP contribution in [0.2, 0.25) is 0 Å². The van der Waals surface area contributed by atoms with Crippen molar-refractivity contribution in [1.82, 2.24) is 15.5 Å². The van der Waals surface area contributed by atoms with Gasteiger partial charge in [-0.2, -0.15) is 0 Å². The van der Waals surface area contributed by atoms with Gasteiger partial charge in [0.2, 0.25) is 0 Å². The van der Waals surface area contributed by atoms with Crippen molar-refractivity contribution in [2.75, 3.05) is 33.3 Å². The van der Waals surface area contributed by atoms with Crippen LogP contribution < -0.4 is 10.6 Å². The summed E-state index contributed by atoms with van der Waals surface area (Å²) in [4.78, 5) is 14.4. The predicted octanol–water partition coefficient (Wildman–Crippen LogP) is 0.772. The van der Waals surface area contributed by atoms with Gasteiger partial charge in [0.05, 0.1) is 12.7 Å². The molecule has 1 fully saturated rings. The monoisotopic (exact) mass is 311 g/mol. The minimum atomic E-state index is -0.0171. The highest BCUT2D eigenvalue weighted by Crippen LogP contribution is 2.17. The Balaban J connectivity index is 0.00000161. The van der Waals surface area contributed by atoms with Gasteiger partial charge in [0.15, 0.2) is 0 Å². The van der Waals surface area contributed by atoms with Gasteiger partial charge >= 0.3 is 0 Å². The van der Waals surface area contributed by atoms with E-state index in [1.165, 1.54) is 11.1 Å². The molecule has 0 bridgehead atoms. The van der Waals surface area contributed by atoms with Gasteiger partial charge in [-0.3, -0.25) is 4.79 Å². The highest BCUT2D eigenvalue weighted by atomic mass is 35.5. The van der Waals surface area contributed by atoms with Gasteiger partial charge in [-0.05, 0) is 30.3 Å². The number of carbonyl (C=O) groups is 1. The van der Waals surface area contributed by atoms with Crippen molar-refractivity contribution in [2.24, 2.45) is 0 Å². The molecule has 0 saturated carbocycles. The second kappa shape index (κ2) is 7.22. The molecule has 2 aliphatic heterocycles. The summed E-state index contributed by atoms with van der Waals surface area (Å²) in [5, 5.41) is 6.25. The molecule has 0 aromatic heterocycles. The summed E-state index contributed by atoms with van der Waals surface area (Å²) in [6, 6.07) is 5.92. The summed E-state index contributed by atoms with van der Waals surface area (Å²) in [6.45, 7) is 4.89. The summed E-state index contributed by atoms with van der Waals surface area (Å²) in [5.74, 6) is -0.0171. The molecule has 6 heteroatoms.